The van der Waals surface area contributed by atoms with Gasteiger partial charge in [0.25, 0.3) is 0 Å². The molecule has 0 saturated carbocycles. The summed E-state index contributed by atoms with van der Waals surface area (Å²) in [6.45, 7) is 5.08. The molecule has 3 heteroatoms. The fourth-order valence-corrected chi connectivity index (χ4v) is 1.82. The van der Waals surface area contributed by atoms with Crippen molar-refractivity contribution in [2.45, 2.75) is 38.7 Å². The molecule has 1 aliphatic rings. The van der Waals surface area contributed by atoms with Crippen molar-refractivity contribution in [2.75, 3.05) is 6.61 Å². The Kier molecular flexibility index (Phi) is 3.07. The topological polar surface area (TPSA) is 35.2 Å². The Morgan fingerprint density at radius 2 is 2.42 bits per heavy atom. The lowest BCUT2D eigenvalue weighted by molar-refractivity contribution is -0.0766. The average Bonchev–Trinajstić information content (AvgIpc) is 2.05. The van der Waals surface area contributed by atoms with Crippen LogP contribution in [0.15, 0.2) is 0 Å². The minimum Gasteiger partial charge on any atom is -0.393 e. The Labute approximate surface area is 79.5 Å². The van der Waals surface area contributed by atoms with Crippen molar-refractivity contribution >= 4 is 17.2 Å². The van der Waals surface area contributed by atoms with E-state index in [4.69, 9.17) is 22.7 Å². The van der Waals surface area contributed by atoms with Gasteiger partial charge in [-0.05, 0) is 26.2 Å². The molecule has 2 N–H and O–H groups in total. The van der Waals surface area contributed by atoms with Gasteiger partial charge in [-0.1, -0.05) is 19.1 Å². The molecule has 1 saturated heterocycles. The molecule has 1 heterocycles. The molecule has 0 unspecified atom stereocenters. The van der Waals surface area contributed by atoms with Gasteiger partial charge in [-0.3, -0.25) is 0 Å². The maximum Gasteiger partial charge on any atom is 0.0760 e. The van der Waals surface area contributed by atoms with Gasteiger partial charge >= 0.3 is 0 Å². The van der Waals surface area contributed by atoms with Gasteiger partial charge in [0.2, 0.25) is 0 Å². The van der Waals surface area contributed by atoms with Crippen LogP contribution in [0.2, 0.25) is 0 Å². The summed E-state index contributed by atoms with van der Waals surface area (Å²) in [5.74, 6) is 0.388. The van der Waals surface area contributed by atoms with Crippen LogP contribution in [0.1, 0.15) is 33.1 Å². The molecule has 0 aromatic carbocycles. The third kappa shape index (κ3) is 2.17. The maximum absolute atomic E-state index is 5.68. The van der Waals surface area contributed by atoms with Gasteiger partial charge in [0.15, 0.2) is 0 Å². The molecule has 0 aromatic rings. The summed E-state index contributed by atoms with van der Waals surface area (Å²) in [5.41, 5.74) is 5.63. The highest BCUT2D eigenvalue weighted by atomic mass is 32.1. The number of rotatable bonds is 2. The van der Waals surface area contributed by atoms with E-state index >= 15 is 0 Å². The van der Waals surface area contributed by atoms with Crippen molar-refractivity contribution in [2.24, 2.45) is 11.7 Å². The highest BCUT2D eigenvalue weighted by Gasteiger charge is 2.32. The largest absolute Gasteiger partial charge is 0.393 e. The summed E-state index contributed by atoms with van der Waals surface area (Å²) in [6, 6.07) is 0. The molecule has 0 amide bonds. The predicted molar refractivity (Wildman–Crippen MR) is 54.2 cm³/mol. The van der Waals surface area contributed by atoms with Crippen molar-refractivity contribution < 1.29 is 4.74 Å². The second-order valence-corrected chi connectivity index (χ2v) is 4.22. The summed E-state index contributed by atoms with van der Waals surface area (Å²) in [7, 11) is 0. The highest BCUT2D eigenvalue weighted by Crippen LogP contribution is 2.31. The number of hydrogen-bond donors (Lipinski definition) is 1. The zero-order valence-electron chi connectivity index (χ0n) is 7.80. The quantitative estimate of drug-likeness (QED) is 0.670. The van der Waals surface area contributed by atoms with Gasteiger partial charge in [0.1, 0.15) is 0 Å². The molecule has 0 aromatic heterocycles. The molecule has 0 spiro atoms. The molecule has 0 radical (unpaired) electrons. The number of ether oxygens (including phenoxy) is 1. The van der Waals surface area contributed by atoms with Gasteiger partial charge in [-0.15, -0.1) is 0 Å². The summed E-state index contributed by atoms with van der Waals surface area (Å²) >= 11 is 4.99. The molecular weight excluding hydrogens is 170 g/mol. The van der Waals surface area contributed by atoms with Crippen LogP contribution in [-0.4, -0.2) is 17.2 Å². The van der Waals surface area contributed by atoms with Crippen LogP contribution in [0.25, 0.3) is 0 Å². The van der Waals surface area contributed by atoms with Crippen LogP contribution >= 0.6 is 12.2 Å². The standard InChI is InChI=1S/C9H17NOS/c1-3-9(2)6-7(8(10)12)4-5-11-9/h7H,3-6H2,1-2H3,(H2,10,12)/t7-,9+/m1/s1. The molecule has 1 rings (SSSR count). The monoisotopic (exact) mass is 187 g/mol. The first-order valence-electron chi connectivity index (χ1n) is 4.50. The molecule has 1 fully saturated rings. The third-order valence-corrected chi connectivity index (χ3v) is 3.08. The van der Waals surface area contributed by atoms with Crippen LogP contribution in [0.3, 0.4) is 0 Å². The zero-order chi connectivity index (χ0) is 9.19. The van der Waals surface area contributed by atoms with Gasteiger partial charge in [-0.25, -0.2) is 0 Å². The van der Waals surface area contributed by atoms with Gasteiger partial charge in [0.05, 0.1) is 10.6 Å². The van der Waals surface area contributed by atoms with Crippen LogP contribution in [0.4, 0.5) is 0 Å². The number of thiocarbonyl (C=S) groups is 1. The molecule has 1 aliphatic heterocycles. The van der Waals surface area contributed by atoms with Gasteiger partial charge in [0, 0.05) is 12.5 Å². The molecular formula is C9H17NOS. The highest BCUT2D eigenvalue weighted by molar-refractivity contribution is 7.80. The third-order valence-electron chi connectivity index (χ3n) is 2.75. The first-order valence-corrected chi connectivity index (χ1v) is 4.91. The molecule has 12 heavy (non-hydrogen) atoms. The summed E-state index contributed by atoms with van der Waals surface area (Å²) in [6.07, 6.45) is 3.01. The lowest BCUT2D eigenvalue weighted by Gasteiger charge is -2.37. The van der Waals surface area contributed by atoms with E-state index in [1.54, 1.807) is 0 Å². The first-order chi connectivity index (χ1) is 5.57. The van der Waals surface area contributed by atoms with E-state index in [0.717, 1.165) is 25.9 Å². The minimum atomic E-state index is 0.00630. The maximum atomic E-state index is 5.68. The minimum absolute atomic E-state index is 0.00630. The van der Waals surface area contributed by atoms with Gasteiger partial charge in [-0.2, -0.15) is 0 Å². The molecule has 0 bridgehead atoms. The van der Waals surface area contributed by atoms with E-state index < -0.39 is 0 Å². The molecule has 2 atom stereocenters. The Hall–Kier alpha value is -0.150. The van der Waals surface area contributed by atoms with Crippen molar-refractivity contribution in [3.8, 4) is 0 Å². The Bertz CT molecular complexity index is 183. The van der Waals surface area contributed by atoms with Crippen molar-refractivity contribution in [1.29, 1.82) is 0 Å². The Morgan fingerprint density at radius 1 is 1.75 bits per heavy atom. The fourth-order valence-electron chi connectivity index (χ4n) is 1.62. The lowest BCUT2D eigenvalue weighted by Crippen LogP contribution is -2.40. The van der Waals surface area contributed by atoms with E-state index in [2.05, 4.69) is 13.8 Å². The second kappa shape index (κ2) is 3.71. The van der Waals surface area contributed by atoms with E-state index in [1.165, 1.54) is 0 Å². The van der Waals surface area contributed by atoms with E-state index in [-0.39, 0.29) is 5.60 Å². The Morgan fingerprint density at radius 3 is 2.92 bits per heavy atom. The van der Waals surface area contributed by atoms with Gasteiger partial charge < -0.3 is 10.5 Å². The SMILES string of the molecule is CC[C@@]1(C)C[C@H](C(N)=S)CCO1. The van der Waals surface area contributed by atoms with Crippen molar-refractivity contribution in [3.05, 3.63) is 0 Å². The molecule has 70 valence electrons. The summed E-state index contributed by atoms with van der Waals surface area (Å²) in [5, 5.41) is 0. The number of hydrogen-bond acceptors (Lipinski definition) is 2. The van der Waals surface area contributed by atoms with Crippen LogP contribution < -0.4 is 5.73 Å². The van der Waals surface area contributed by atoms with E-state index in [0.29, 0.717) is 10.9 Å². The zero-order valence-corrected chi connectivity index (χ0v) is 8.62. The molecule has 0 aliphatic carbocycles. The first kappa shape index (κ1) is 9.93. The second-order valence-electron chi connectivity index (χ2n) is 3.74. The lowest BCUT2D eigenvalue weighted by atomic mass is 9.85. The van der Waals surface area contributed by atoms with E-state index in [9.17, 15) is 0 Å². The average molecular weight is 187 g/mol. The van der Waals surface area contributed by atoms with Crippen LogP contribution in [0.5, 0.6) is 0 Å². The van der Waals surface area contributed by atoms with Crippen LogP contribution in [-0.2, 0) is 4.74 Å². The predicted octanol–water partition coefficient (Wildman–Crippen LogP) is 1.87. The molecule has 2 nitrogen and oxygen atoms in total. The fraction of sp³-hybridized carbons (Fsp3) is 0.889. The van der Waals surface area contributed by atoms with Crippen molar-refractivity contribution in [1.82, 2.24) is 0 Å². The normalized spacial score (nSPS) is 36.3. The summed E-state index contributed by atoms with van der Waals surface area (Å²) < 4.78 is 5.68. The smallest absolute Gasteiger partial charge is 0.0760 e. The Balaban J connectivity index is 2.57. The van der Waals surface area contributed by atoms with E-state index in [1.807, 2.05) is 0 Å². The number of nitrogens with two attached hydrogens (primary N) is 1. The van der Waals surface area contributed by atoms with Crippen molar-refractivity contribution in [3.63, 3.8) is 0 Å². The summed E-state index contributed by atoms with van der Waals surface area (Å²) in [4.78, 5) is 0.651. The van der Waals surface area contributed by atoms with Crippen LogP contribution in [0, 0.1) is 5.92 Å².